The molecule has 1 N–H and O–H groups in total. The molecule has 0 aliphatic rings. The zero-order valence-electron chi connectivity index (χ0n) is 10.2. The van der Waals surface area contributed by atoms with Crippen molar-refractivity contribution in [3.05, 3.63) is 59.7 Å². The molecule has 0 spiro atoms. The first-order chi connectivity index (χ1) is 8.28. The summed E-state index contributed by atoms with van der Waals surface area (Å²) in [4.78, 5) is 1.31. The van der Waals surface area contributed by atoms with Crippen LogP contribution in [0.1, 0.15) is 11.1 Å². The molecule has 0 atom stereocenters. The lowest BCUT2D eigenvalue weighted by Crippen LogP contribution is -1.98. The van der Waals surface area contributed by atoms with Crippen molar-refractivity contribution in [3.8, 4) is 0 Å². The van der Waals surface area contributed by atoms with Crippen molar-refractivity contribution in [2.45, 2.75) is 18.4 Å². The molecule has 0 radical (unpaired) electrons. The fourth-order valence-electron chi connectivity index (χ4n) is 1.62. The summed E-state index contributed by atoms with van der Waals surface area (Å²) >= 11 is 1.77. The molecule has 2 heteroatoms. The lowest BCUT2D eigenvalue weighted by Gasteiger charge is -2.07. The summed E-state index contributed by atoms with van der Waals surface area (Å²) in [6, 6.07) is 17.2. The van der Waals surface area contributed by atoms with Gasteiger partial charge in [0.15, 0.2) is 0 Å². The summed E-state index contributed by atoms with van der Waals surface area (Å²) in [6.45, 7) is 2.97. The van der Waals surface area contributed by atoms with Gasteiger partial charge in [-0.25, -0.2) is 0 Å². The summed E-state index contributed by atoms with van der Waals surface area (Å²) in [7, 11) is 0. The Hall–Kier alpha value is -1.41. The third-order valence-electron chi connectivity index (χ3n) is 2.71. The van der Waals surface area contributed by atoms with Crippen molar-refractivity contribution in [2.24, 2.45) is 0 Å². The number of anilines is 1. The summed E-state index contributed by atoms with van der Waals surface area (Å²) in [6.07, 6.45) is 2.10. The van der Waals surface area contributed by atoms with Crippen LogP contribution in [0.5, 0.6) is 0 Å². The number of thioether (sulfide) groups is 1. The average Bonchev–Trinajstić information content (AvgIpc) is 2.39. The minimum absolute atomic E-state index is 0.873. The van der Waals surface area contributed by atoms with Gasteiger partial charge in [-0.2, -0.15) is 0 Å². The van der Waals surface area contributed by atoms with Gasteiger partial charge < -0.3 is 5.32 Å². The molecule has 88 valence electrons. The van der Waals surface area contributed by atoms with Crippen LogP contribution < -0.4 is 5.32 Å². The number of aryl methyl sites for hydroxylation is 1. The van der Waals surface area contributed by atoms with Gasteiger partial charge in [-0.05, 0) is 43.0 Å². The van der Waals surface area contributed by atoms with Crippen LogP contribution in [0.3, 0.4) is 0 Å². The Labute approximate surface area is 107 Å². The maximum atomic E-state index is 3.42. The summed E-state index contributed by atoms with van der Waals surface area (Å²) in [5.41, 5.74) is 3.77. The number of hydrogen-bond donors (Lipinski definition) is 1. The van der Waals surface area contributed by atoms with Gasteiger partial charge in [-0.15, -0.1) is 11.8 Å². The van der Waals surface area contributed by atoms with Gasteiger partial charge in [0.05, 0.1) is 0 Å². The van der Waals surface area contributed by atoms with Crippen molar-refractivity contribution in [3.63, 3.8) is 0 Å². The third-order valence-corrected chi connectivity index (χ3v) is 3.45. The minimum Gasteiger partial charge on any atom is -0.381 e. The van der Waals surface area contributed by atoms with E-state index in [2.05, 4.69) is 67.0 Å². The highest BCUT2D eigenvalue weighted by Gasteiger charge is 1.95. The van der Waals surface area contributed by atoms with E-state index in [0.717, 1.165) is 6.54 Å². The second-order valence-corrected chi connectivity index (χ2v) is 4.95. The number of hydrogen-bond acceptors (Lipinski definition) is 2. The normalized spacial score (nSPS) is 10.2. The zero-order valence-corrected chi connectivity index (χ0v) is 11.1. The average molecular weight is 243 g/mol. The quantitative estimate of drug-likeness (QED) is 0.802. The van der Waals surface area contributed by atoms with Crippen LogP contribution in [0.15, 0.2) is 53.4 Å². The fourth-order valence-corrected chi connectivity index (χ4v) is 2.03. The minimum atomic E-state index is 0.873. The Bertz CT molecular complexity index is 459. The Morgan fingerprint density at radius 2 is 1.59 bits per heavy atom. The van der Waals surface area contributed by atoms with E-state index in [1.54, 1.807) is 11.8 Å². The van der Waals surface area contributed by atoms with E-state index in [1.807, 2.05) is 0 Å². The standard InChI is InChI=1S/C15H17NS/c1-12-3-7-14(8-4-12)16-11-13-5-9-15(17-2)10-6-13/h3-10,16H,11H2,1-2H3. The van der Waals surface area contributed by atoms with Gasteiger partial charge in [-0.1, -0.05) is 29.8 Å². The SMILES string of the molecule is CSc1ccc(CNc2ccc(C)cc2)cc1. The highest BCUT2D eigenvalue weighted by Crippen LogP contribution is 2.16. The van der Waals surface area contributed by atoms with Crippen molar-refractivity contribution in [2.75, 3.05) is 11.6 Å². The van der Waals surface area contributed by atoms with Gasteiger partial charge >= 0.3 is 0 Å². The van der Waals surface area contributed by atoms with Crippen LogP contribution in [0.25, 0.3) is 0 Å². The van der Waals surface area contributed by atoms with E-state index in [9.17, 15) is 0 Å². The topological polar surface area (TPSA) is 12.0 Å². The lowest BCUT2D eigenvalue weighted by atomic mass is 10.2. The van der Waals surface area contributed by atoms with E-state index in [-0.39, 0.29) is 0 Å². The van der Waals surface area contributed by atoms with E-state index in [0.29, 0.717) is 0 Å². The molecule has 0 saturated carbocycles. The number of nitrogens with one attached hydrogen (secondary N) is 1. The molecule has 2 aromatic carbocycles. The molecule has 1 nitrogen and oxygen atoms in total. The van der Waals surface area contributed by atoms with Crippen molar-refractivity contribution >= 4 is 17.4 Å². The van der Waals surface area contributed by atoms with Crippen LogP contribution in [0.2, 0.25) is 0 Å². The molecule has 2 aromatic rings. The van der Waals surface area contributed by atoms with Gasteiger partial charge in [-0.3, -0.25) is 0 Å². The number of benzene rings is 2. The third kappa shape index (κ3) is 3.53. The first-order valence-electron chi connectivity index (χ1n) is 5.71. The van der Waals surface area contributed by atoms with Crippen molar-refractivity contribution < 1.29 is 0 Å². The Morgan fingerprint density at radius 1 is 0.941 bits per heavy atom. The number of rotatable bonds is 4. The van der Waals surface area contributed by atoms with Crippen molar-refractivity contribution in [1.29, 1.82) is 0 Å². The molecule has 0 unspecified atom stereocenters. The molecule has 0 fully saturated rings. The fraction of sp³-hybridized carbons (Fsp3) is 0.200. The van der Waals surface area contributed by atoms with Crippen LogP contribution in [0, 0.1) is 6.92 Å². The van der Waals surface area contributed by atoms with Gasteiger partial charge in [0.1, 0.15) is 0 Å². The molecule has 0 aliphatic carbocycles. The van der Waals surface area contributed by atoms with Gasteiger partial charge in [0.2, 0.25) is 0 Å². The van der Waals surface area contributed by atoms with Crippen LogP contribution in [-0.4, -0.2) is 6.26 Å². The smallest absolute Gasteiger partial charge is 0.0400 e. The first kappa shape index (κ1) is 12.1. The molecule has 17 heavy (non-hydrogen) atoms. The maximum absolute atomic E-state index is 3.42. The Balaban J connectivity index is 1.95. The Kier molecular flexibility index (Phi) is 4.10. The largest absolute Gasteiger partial charge is 0.381 e. The molecule has 0 aliphatic heterocycles. The second kappa shape index (κ2) is 5.78. The molecular formula is C15H17NS. The molecule has 0 saturated heterocycles. The molecule has 0 amide bonds. The lowest BCUT2D eigenvalue weighted by molar-refractivity contribution is 1.14. The van der Waals surface area contributed by atoms with E-state index in [1.165, 1.54) is 21.7 Å². The second-order valence-electron chi connectivity index (χ2n) is 4.07. The summed E-state index contributed by atoms with van der Waals surface area (Å²) in [5.74, 6) is 0. The van der Waals surface area contributed by atoms with Gasteiger partial charge in [0.25, 0.3) is 0 Å². The van der Waals surface area contributed by atoms with Crippen LogP contribution in [0.4, 0.5) is 5.69 Å². The highest BCUT2D eigenvalue weighted by atomic mass is 32.2. The molecule has 2 rings (SSSR count). The molecular weight excluding hydrogens is 226 g/mol. The van der Waals surface area contributed by atoms with E-state index >= 15 is 0 Å². The summed E-state index contributed by atoms with van der Waals surface area (Å²) in [5, 5.41) is 3.42. The molecule has 0 bridgehead atoms. The summed E-state index contributed by atoms with van der Waals surface area (Å²) < 4.78 is 0. The Morgan fingerprint density at radius 3 is 2.18 bits per heavy atom. The van der Waals surface area contributed by atoms with E-state index in [4.69, 9.17) is 0 Å². The van der Waals surface area contributed by atoms with Gasteiger partial charge in [0, 0.05) is 17.1 Å². The predicted molar refractivity (Wildman–Crippen MR) is 76.7 cm³/mol. The van der Waals surface area contributed by atoms with Crippen LogP contribution >= 0.6 is 11.8 Å². The highest BCUT2D eigenvalue weighted by molar-refractivity contribution is 7.98. The van der Waals surface area contributed by atoms with Crippen LogP contribution in [-0.2, 0) is 6.54 Å². The van der Waals surface area contributed by atoms with Crippen molar-refractivity contribution in [1.82, 2.24) is 0 Å². The maximum Gasteiger partial charge on any atom is 0.0400 e. The zero-order chi connectivity index (χ0) is 12.1. The van der Waals surface area contributed by atoms with E-state index < -0.39 is 0 Å². The predicted octanol–water partition coefficient (Wildman–Crippen LogP) is 4.33. The monoisotopic (exact) mass is 243 g/mol. The molecule has 0 aromatic heterocycles. The molecule has 0 heterocycles. The first-order valence-corrected chi connectivity index (χ1v) is 6.94.